The van der Waals surface area contributed by atoms with Gasteiger partial charge >= 0.3 is 0 Å². The van der Waals surface area contributed by atoms with E-state index in [4.69, 9.17) is 0 Å². The van der Waals surface area contributed by atoms with Crippen LogP contribution in [0.25, 0.3) is 22.1 Å². The Bertz CT molecular complexity index is 908. The van der Waals surface area contributed by atoms with E-state index in [-0.39, 0.29) is 48.0 Å². The van der Waals surface area contributed by atoms with Gasteiger partial charge in [-0.05, 0) is 24.3 Å². The predicted octanol–water partition coefficient (Wildman–Crippen LogP) is -3.66. The van der Waals surface area contributed by atoms with Crippen LogP contribution in [0.2, 0.25) is 0 Å². The first kappa shape index (κ1) is 20.2. The van der Waals surface area contributed by atoms with Gasteiger partial charge in [0.25, 0.3) is 0 Å². The third-order valence-electron chi connectivity index (χ3n) is 4.57. The summed E-state index contributed by atoms with van der Waals surface area (Å²) in [6, 6.07) is 17.1. The van der Waals surface area contributed by atoms with E-state index in [0.29, 0.717) is 0 Å². The summed E-state index contributed by atoms with van der Waals surface area (Å²) in [5, 5.41) is 0. The fraction of sp³-hybridized carbons (Fsp3) is 0.263. The zero-order chi connectivity index (χ0) is 15.8. The van der Waals surface area contributed by atoms with Crippen LogP contribution in [0.5, 0.6) is 0 Å². The highest BCUT2D eigenvalue weighted by molar-refractivity contribution is 5.72. The van der Waals surface area contributed by atoms with Gasteiger partial charge in [0, 0.05) is 6.42 Å². The van der Waals surface area contributed by atoms with Crippen LogP contribution in [0.4, 0.5) is 0 Å². The van der Waals surface area contributed by atoms with Gasteiger partial charge in [0.05, 0.1) is 27.2 Å². The van der Waals surface area contributed by atoms with Gasteiger partial charge in [0.15, 0.2) is 22.1 Å². The lowest BCUT2D eigenvalue weighted by molar-refractivity contribution is -0.645. The molecule has 0 aliphatic heterocycles. The highest BCUT2D eigenvalue weighted by Gasteiger charge is 2.14. The molecule has 2 aromatic carbocycles. The molecule has 0 atom stereocenters. The van der Waals surface area contributed by atoms with Crippen molar-refractivity contribution in [1.82, 2.24) is 9.13 Å². The SMILES string of the molecule is C[n+]1cn(CCCn2c[n+](C)c3ccccc32)c2ccccc21.[I-].[I-]. The van der Waals surface area contributed by atoms with Crippen LogP contribution in [0.3, 0.4) is 0 Å². The molecule has 4 nitrogen and oxygen atoms in total. The van der Waals surface area contributed by atoms with E-state index in [9.17, 15) is 0 Å². The topological polar surface area (TPSA) is 17.6 Å². The third-order valence-corrected chi connectivity index (χ3v) is 4.57. The van der Waals surface area contributed by atoms with Crippen LogP contribution in [-0.2, 0) is 27.2 Å². The minimum absolute atomic E-state index is 0. The number of aryl methyl sites for hydroxylation is 4. The van der Waals surface area contributed by atoms with Crippen LogP contribution in [-0.4, -0.2) is 9.13 Å². The van der Waals surface area contributed by atoms with Gasteiger partial charge < -0.3 is 48.0 Å². The van der Waals surface area contributed by atoms with E-state index >= 15 is 0 Å². The number of rotatable bonds is 4. The molecule has 0 radical (unpaired) electrons. The first-order valence-corrected chi connectivity index (χ1v) is 8.11. The Morgan fingerprint density at radius 3 is 1.52 bits per heavy atom. The Balaban J connectivity index is 0.00000113. The van der Waals surface area contributed by atoms with Crippen LogP contribution in [0.15, 0.2) is 61.2 Å². The minimum atomic E-state index is 0. The zero-order valence-corrected chi connectivity index (χ0v) is 18.8. The molecule has 0 aliphatic rings. The molecule has 0 saturated carbocycles. The van der Waals surface area contributed by atoms with Crippen molar-refractivity contribution in [2.45, 2.75) is 19.5 Å². The molecular formula is C19H22I2N4. The van der Waals surface area contributed by atoms with E-state index in [1.165, 1.54) is 22.1 Å². The lowest BCUT2D eigenvalue weighted by Crippen LogP contribution is -3.00. The van der Waals surface area contributed by atoms with E-state index in [2.05, 4.69) is 93.5 Å². The smallest absolute Gasteiger partial charge is 0.244 e. The van der Waals surface area contributed by atoms with Gasteiger partial charge in [0.1, 0.15) is 0 Å². The molecule has 0 N–H and O–H groups in total. The van der Waals surface area contributed by atoms with Gasteiger partial charge in [-0.15, -0.1) is 0 Å². The largest absolute Gasteiger partial charge is 1.00 e. The van der Waals surface area contributed by atoms with Crippen molar-refractivity contribution in [3.05, 3.63) is 61.2 Å². The monoisotopic (exact) mass is 560 g/mol. The van der Waals surface area contributed by atoms with E-state index in [0.717, 1.165) is 19.5 Å². The maximum atomic E-state index is 2.35. The number of aromatic nitrogens is 4. The first-order chi connectivity index (χ1) is 11.2. The quantitative estimate of drug-likeness (QED) is 0.181. The third kappa shape index (κ3) is 3.84. The molecule has 0 fully saturated rings. The summed E-state index contributed by atoms with van der Waals surface area (Å²) in [5.74, 6) is 0. The minimum Gasteiger partial charge on any atom is -1.00 e. The number of imidazole rings is 2. The second kappa shape index (κ2) is 8.48. The van der Waals surface area contributed by atoms with Crippen molar-refractivity contribution in [3.8, 4) is 0 Å². The lowest BCUT2D eigenvalue weighted by Gasteiger charge is -1.98. The maximum absolute atomic E-state index is 2.35. The van der Waals surface area contributed by atoms with Crippen molar-refractivity contribution in [1.29, 1.82) is 0 Å². The molecule has 0 saturated heterocycles. The Morgan fingerprint density at radius 1 is 0.680 bits per heavy atom. The molecule has 132 valence electrons. The van der Waals surface area contributed by atoms with Gasteiger partial charge in [-0.3, -0.25) is 0 Å². The van der Waals surface area contributed by atoms with Gasteiger partial charge in [-0.25, -0.2) is 18.3 Å². The molecule has 6 heteroatoms. The molecule has 4 rings (SSSR count). The van der Waals surface area contributed by atoms with Gasteiger partial charge in [-0.2, -0.15) is 0 Å². The Morgan fingerprint density at radius 2 is 1.08 bits per heavy atom. The van der Waals surface area contributed by atoms with Crippen LogP contribution in [0, 0.1) is 0 Å². The Labute approximate surface area is 182 Å². The zero-order valence-electron chi connectivity index (χ0n) is 14.4. The standard InChI is InChI=1S/C19H22N4.2HI/c1-20-14-22(18-10-5-3-8-16(18)20)12-7-13-23-15-21(2)17-9-4-6-11-19(17)23;;/h3-6,8-11,14-15H,7,12-13H2,1-2H3;2*1H/q+2;;/p-2. The van der Waals surface area contributed by atoms with E-state index in [1.54, 1.807) is 0 Å². The fourth-order valence-electron chi connectivity index (χ4n) is 3.45. The summed E-state index contributed by atoms with van der Waals surface area (Å²) < 4.78 is 9.09. The van der Waals surface area contributed by atoms with Crippen molar-refractivity contribution in [2.24, 2.45) is 14.1 Å². The summed E-state index contributed by atoms with van der Waals surface area (Å²) in [5.41, 5.74) is 5.17. The highest BCUT2D eigenvalue weighted by atomic mass is 127. The Kier molecular flexibility index (Phi) is 6.84. The normalized spacial score (nSPS) is 10.6. The molecule has 25 heavy (non-hydrogen) atoms. The molecule has 0 unspecified atom stereocenters. The summed E-state index contributed by atoms with van der Waals surface area (Å²) in [6.45, 7) is 2.05. The second-order valence-electron chi connectivity index (χ2n) is 6.17. The molecule has 0 aliphatic carbocycles. The predicted molar refractivity (Wildman–Crippen MR) is 90.8 cm³/mol. The molecule has 0 bridgehead atoms. The van der Waals surface area contributed by atoms with Crippen molar-refractivity contribution < 1.29 is 57.1 Å². The molecule has 2 heterocycles. The lowest BCUT2D eigenvalue weighted by atomic mass is 10.3. The molecular weight excluding hydrogens is 538 g/mol. The highest BCUT2D eigenvalue weighted by Crippen LogP contribution is 2.13. The molecule has 0 spiro atoms. The number of benzene rings is 2. The molecule has 0 amide bonds. The van der Waals surface area contributed by atoms with Gasteiger partial charge in [0.2, 0.25) is 12.7 Å². The van der Waals surface area contributed by atoms with Crippen molar-refractivity contribution in [2.75, 3.05) is 0 Å². The number of hydrogen-bond donors (Lipinski definition) is 0. The maximum Gasteiger partial charge on any atom is 0.244 e. The Hall–Kier alpha value is -1.16. The number of halogens is 2. The molecule has 2 aromatic heterocycles. The van der Waals surface area contributed by atoms with Gasteiger partial charge in [-0.1, -0.05) is 24.3 Å². The first-order valence-electron chi connectivity index (χ1n) is 8.11. The number of para-hydroxylation sites is 4. The van der Waals surface area contributed by atoms with E-state index < -0.39 is 0 Å². The number of hydrogen-bond acceptors (Lipinski definition) is 0. The van der Waals surface area contributed by atoms with Crippen molar-refractivity contribution in [3.63, 3.8) is 0 Å². The van der Waals surface area contributed by atoms with Crippen LogP contribution >= 0.6 is 0 Å². The summed E-state index contributed by atoms with van der Waals surface area (Å²) in [6.07, 6.45) is 5.49. The summed E-state index contributed by atoms with van der Waals surface area (Å²) in [7, 11) is 4.22. The fourth-order valence-corrected chi connectivity index (χ4v) is 3.45. The number of fused-ring (bicyclic) bond motifs is 2. The number of nitrogens with zero attached hydrogens (tertiary/aromatic N) is 4. The van der Waals surface area contributed by atoms with Crippen molar-refractivity contribution >= 4 is 22.1 Å². The van der Waals surface area contributed by atoms with Crippen LogP contribution < -0.4 is 57.1 Å². The van der Waals surface area contributed by atoms with Crippen LogP contribution in [0.1, 0.15) is 6.42 Å². The second-order valence-corrected chi connectivity index (χ2v) is 6.17. The summed E-state index contributed by atoms with van der Waals surface area (Å²) in [4.78, 5) is 0. The molecule has 4 aromatic rings. The average molecular weight is 560 g/mol. The average Bonchev–Trinajstić information content (AvgIpc) is 3.07. The summed E-state index contributed by atoms with van der Waals surface area (Å²) >= 11 is 0. The van der Waals surface area contributed by atoms with E-state index in [1.807, 2.05) is 0 Å².